The molecule has 0 amide bonds. The van der Waals surface area contributed by atoms with Gasteiger partial charge in [-0.1, -0.05) is 25.1 Å². The summed E-state index contributed by atoms with van der Waals surface area (Å²) in [5.41, 5.74) is 9.69. The lowest BCUT2D eigenvalue weighted by Crippen LogP contribution is -2.39. The summed E-state index contributed by atoms with van der Waals surface area (Å²) in [6.45, 7) is 3.70. The molecule has 112 valence electrons. The molecule has 0 fully saturated rings. The van der Waals surface area contributed by atoms with Gasteiger partial charge in [0.05, 0.1) is 23.9 Å². The first-order chi connectivity index (χ1) is 10.7. The zero-order valence-electron chi connectivity index (χ0n) is 12.6. The monoisotopic (exact) mass is 293 g/mol. The van der Waals surface area contributed by atoms with Crippen LogP contribution in [0.4, 0.5) is 11.4 Å². The van der Waals surface area contributed by atoms with Gasteiger partial charge in [-0.15, -0.1) is 0 Å². The molecule has 1 aliphatic rings. The zero-order chi connectivity index (χ0) is 15.5. The van der Waals surface area contributed by atoms with E-state index < -0.39 is 0 Å². The molecule has 1 heterocycles. The van der Waals surface area contributed by atoms with Crippen molar-refractivity contribution in [1.82, 2.24) is 0 Å². The Morgan fingerprint density at radius 2 is 2.05 bits per heavy atom. The molecule has 2 N–H and O–H groups in total. The van der Waals surface area contributed by atoms with Crippen LogP contribution in [0.2, 0.25) is 0 Å². The molecule has 4 heteroatoms. The van der Waals surface area contributed by atoms with Crippen molar-refractivity contribution in [2.24, 2.45) is 0 Å². The Morgan fingerprint density at radius 3 is 2.73 bits per heavy atom. The molecule has 0 saturated carbocycles. The summed E-state index contributed by atoms with van der Waals surface area (Å²) < 4.78 is 6.00. The molecule has 1 atom stereocenters. The van der Waals surface area contributed by atoms with Gasteiger partial charge in [0.25, 0.3) is 0 Å². The number of nitrogens with two attached hydrogens (primary N) is 1. The molecule has 22 heavy (non-hydrogen) atoms. The van der Waals surface area contributed by atoms with Gasteiger partial charge in [0.15, 0.2) is 0 Å². The van der Waals surface area contributed by atoms with Gasteiger partial charge in [0.1, 0.15) is 17.5 Å². The van der Waals surface area contributed by atoms with E-state index in [1.807, 2.05) is 42.5 Å². The molecule has 0 saturated heterocycles. The Kier molecular flexibility index (Phi) is 3.88. The number of nitrogens with zero attached hydrogens (tertiary/aromatic N) is 2. The van der Waals surface area contributed by atoms with E-state index in [-0.39, 0.29) is 6.10 Å². The summed E-state index contributed by atoms with van der Waals surface area (Å²) >= 11 is 0. The fraction of sp³-hybridized carbons (Fsp3) is 0.278. The van der Waals surface area contributed by atoms with Gasteiger partial charge in [-0.25, -0.2) is 0 Å². The van der Waals surface area contributed by atoms with Gasteiger partial charge in [-0.2, -0.15) is 5.26 Å². The van der Waals surface area contributed by atoms with Crippen molar-refractivity contribution in [3.05, 3.63) is 53.6 Å². The predicted octanol–water partition coefficient (Wildman–Crippen LogP) is 3.32. The lowest BCUT2D eigenvalue weighted by molar-refractivity contribution is 0.189. The van der Waals surface area contributed by atoms with Gasteiger partial charge in [0.2, 0.25) is 0 Å². The Labute approximate surface area is 130 Å². The second-order valence-electron chi connectivity index (χ2n) is 5.53. The van der Waals surface area contributed by atoms with E-state index in [9.17, 15) is 0 Å². The first kappa shape index (κ1) is 14.3. The summed E-state index contributed by atoms with van der Waals surface area (Å²) in [5.74, 6) is 0.853. The maximum absolute atomic E-state index is 8.89. The topological polar surface area (TPSA) is 62.3 Å². The van der Waals surface area contributed by atoms with Crippen molar-refractivity contribution < 1.29 is 4.74 Å². The second kappa shape index (κ2) is 5.98. The summed E-state index contributed by atoms with van der Waals surface area (Å²) in [7, 11) is 0. The van der Waals surface area contributed by atoms with Gasteiger partial charge in [-0.3, -0.25) is 0 Å². The Balaban J connectivity index is 1.90. The number of nitrogen functional groups attached to an aromatic ring is 1. The van der Waals surface area contributed by atoms with Crippen LogP contribution in [0.5, 0.6) is 5.75 Å². The van der Waals surface area contributed by atoms with Crippen molar-refractivity contribution in [1.29, 1.82) is 5.26 Å². The van der Waals surface area contributed by atoms with E-state index in [2.05, 4.69) is 17.9 Å². The minimum absolute atomic E-state index is 0.174. The average Bonchev–Trinajstić information content (AvgIpc) is 2.55. The lowest BCUT2D eigenvalue weighted by Gasteiger charge is -2.37. The van der Waals surface area contributed by atoms with Gasteiger partial charge < -0.3 is 15.4 Å². The number of fused-ring (bicyclic) bond motifs is 1. The highest BCUT2D eigenvalue weighted by molar-refractivity contribution is 5.75. The van der Waals surface area contributed by atoms with Gasteiger partial charge in [0, 0.05) is 6.54 Å². The smallest absolute Gasteiger partial charge is 0.145 e. The maximum Gasteiger partial charge on any atom is 0.145 e. The van der Waals surface area contributed by atoms with Crippen LogP contribution in [0, 0.1) is 11.3 Å². The zero-order valence-corrected chi connectivity index (χ0v) is 12.6. The van der Waals surface area contributed by atoms with Crippen molar-refractivity contribution in [2.45, 2.75) is 26.0 Å². The fourth-order valence-electron chi connectivity index (χ4n) is 2.79. The molecule has 0 aliphatic carbocycles. The molecular formula is C18H19N3O. The van der Waals surface area contributed by atoms with Crippen LogP contribution >= 0.6 is 0 Å². The third-order valence-electron chi connectivity index (χ3n) is 3.98. The standard InChI is InChI=1S/C18H19N3O/c1-2-15-12-21(11-14-8-6-13(10-19)7-9-14)18-16(20)4-3-5-17(18)22-15/h3-9,15H,2,11-12,20H2,1H3. The van der Waals surface area contributed by atoms with Gasteiger partial charge in [-0.05, 0) is 36.2 Å². The van der Waals surface area contributed by atoms with Crippen molar-refractivity contribution in [2.75, 3.05) is 17.2 Å². The number of hydrogen-bond donors (Lipinski definition) is 1. The highest BCUT2D eigenvalue weighted by Crippen LogP contribution is 2.39. The molecule has 0 bridgehead atoms. The van der Waals surface area contributed by atoms with E-state index in [4.69, 9.17) is 15.7 Å². The van der Waals surface area contributed by atoms with Crippen LogP contribution < -0.4 is 15.4 Å². The quantitative estimate of drug-likeness (QED) is 0.882. The molecule has 0 radical (unpaired) electrons. The highest BCUT2D eigenvalue weighted by Gasteiger charge is 2.26. The molecule has 2 aromatic rings. The number of ether oxygens (including phenoxy) is 1. The van der Waals surface area contributed by atoms with Crippen LogP contribution in [0.3, 0.4) is 0 Å². The predicted molar refractivity (Wildman–Crippen MR) is 87.8 cm³/mol. The van der Waals surface area contributed by atoms with Crippen LogP contribution in [0.25, 0.3) is 0 Å². The van der Waals surface area contributed by atoms with E-state index >= 15 is 0 Å². The van der Waals surface area contributed by atoms with Crippen molar-refractivity contribution in [3.63, 3.8) is 0 Å². The normalized spacial score (nSPS) is 16.5. The Bertz CT molecular complexity index is 703. The Morgan fingerprint density at radius 1 is 1.27 bits per heavy atom. The van der Waals surface area contributed by atoms with Crippen molar-refractivity contribution in [3.8, 4) is 11.8 Å². The fourth-order valence-corrected chi connectivity index (χ4v) is 2.79. The molecule has 1 aliphatic heterocycles. The van der Waals surface area contributed by atoms with Crippen LogP contribution in [-0.4, -0.2) is 12.6 Å². The summed E-state index contributed by atoms with van der Waals surface area (Å²) in [4.78, 5) is 2.27. The van der Waals surface area contributed by atoms with Crippen LogP contribution in [0.15, 0.2) is 42.5 Å². The number of para-hydroxylation sites is 1. The van der Waals surface area contributed by atoms with Gasteiger partial charge >= 0.3 is 0 Å². The van der Waals surface area contributed by atoms with E-state index in [0.717, 1.165) is 42.2 Å². The molecule has 0 spiro atoms. The minimum atomic E-state index is 0.174. The number of anilines is 2. The second-order valence-corrected chi connectivity index (χ2v) is 5.53. The van der Waals surface area contributed by atoms with Crippen LogP contribution in [-0.2, 0) is 6.54 Å². The number of hydrogen-bond acceptors (Lipinski definition) is 4. The Hall–Kier alpha value is -2.67. The number of nitriles is 1. The lowest BCUT2D eigenvalue weighted by atomic mass is 10.1. The first-order valence-electron chi connectivity index (χ1n) is 7.50. The molecule has 0 aromatic heterocycles. The largest absolute Gasteiger partial charge is 0.486 e. The molecule has 2 aromatic carbocycles. The number of benzene rings is 2. The third-order valence-corrected chi connectivity index (χ3v) is 3.98. The van der Waals surface area contributed by atoms with E-state index in [1.54, 1.807) is 0 Å². The number of rotatable bonds is 3. The molecule has 4 nitrogen and oxygen atoms in total. The van der Waals surface area contributed by atoms with E-state index in [1.165, 1.54) is 0 Å². The molecule has 3 rings (SSSR count). The van der Waals surface area contributed by atoms with Crippen LogP contribution in [0.1, 0.15) is 24.5 Å². The third kappa shape index (κ3) is 2.71. The molecular weight excluding hydrogens is 274 g/mol. The SMILES string of the molecule is CCC1CN(Cc2ccc(C#N)cc2)c2c(N)cccc2O1. The highest BCUT2D eigenvalue weighted by atomic mass is 16.5. The summed E-state index contributed by atoms with van der Waals surface area (Å²) in [6, 6.07) is 15.6. The summed E-state index contributed by atoms with van der Waals surface area (Å²) in [6.07, 6.45) is 1.13. The maximum atomic E-state index is 8.89. The average molecular weight is 293 g/mol. The summed E-state index contributed by atoms with van der Waals surface area (Å²) in [5, 5.41) is 8.89. The van der Waals surface area contributed by atoms with E-state index in [0.29, 0.717) is 5.56 Å². The first-order valence-corrected chi connectivity index (χ1v) is 7.50. The molecule has 1 unspecified atom stereocenters. The minimum Gasteiger partial charge on any atom is -0.486 e. The van der Waals surface area contributed by atoms with Crippen molar-refractivity contribution >= 4 is 11.4 Å².